The molecule has 3 aromatic rings. The highest BCUT2D eigenvalue weighted by molar-refractivity contribution is 8.00. The lowest BCUT2D eigenvalue weighted by atomic mass is 10.1. The number of benzene rings is 1. The largest absolute Gasteiger partial charge is 0.433 e. The van der Waals surface area contributed by atoms with E-state index < -0.39 is 17.8 Å². The lowest BCUT2D eigenvalue weighted by Gasteiger charge is -2.11. The maximum absolute atomic E-state index is 13.0. The third kappa shape index (κ3) is 5.94. The molecule has 0 atom stereocenters. The van der Waals surface area contributed by atoms with Gasteiger partial charge in [0, 0.05) is 22.3 Å². The van der Waals surface area contributed by atoms with Crippen LogP contribution in [0.1, 0.15) is 22.4 Å². The molecule has 0 unspecified atom stereocenters. The van der Waals surface area contributed by atoms with Crippen molar-refractivity contribution in [1.29, 1.82) is 5.26 Å². The highest BCUT2D eigenvalue weighted by atomic mass is 35.5. The topological polar surface area (TPSA) is 83.6 Å². The van der Waals surface area contributed by atoms with Gasteiger partial charge in [0.1, 0.15) is 16.8 Å². The minimum absolute atomic E-state index is 0.0000730. The molecule has 3 rings (SSSR count). The van der Waals surface area contributed by atoms with E-state index in [0.717, 1.165) is 23.4 Å². The molecule has 6 nitrogen and oxygen atoms in total. The number of nitrogens with one attached hydrogen (secondary N) is 1. The molecule has 2 aromatic heterocycles. The molecule has 0 saturated carbocycles. The zero-order valence-electron chi connectivity index (χ0n) is 16.4. The number of nitrogens with zero attached hydrogens (tertiary/aromatic N) is 4. The van der Waals surface area contributed by atoms with Crippen molar-refractivity contribution in [2.24, 2.45) is 0 Å². The summed E-state index contributed by atoms with van der Waals surface area (Å²) >= 11 is 12.8. The number of carbonyl (C=O) groups is 1. The van der Waals surface area contributed by atoms with Gasteiger partial charge in [0.05, 0.1) is 17.9 Å². The van der Waals surface area contributed by atoms with Gasteiger partial charge < -0.3 is 5.32 Å². The van der Waals surface area contributed by atoms with E-state index in [1.165, 1.54) is 6.92 Å². The van der Waals surface area contributed by atoms with Crippen LogP contribution in [0.15, 0.2) is 41.6 Å². The number of aryl methyl sites for hydroxylation is 1. The molecule has 166 valence electrons. The Bertz CT molecular complexity index is 1210. The number of thioether (sulfide) groups is 1. The van der Waals surface area contributed by atoms with Crippen LogP contribution in [0.3, 0.4) is 0 Å². The van der Waals surface area contributed by atoms with E-state index in [2.05, 4.69) is 15.4 Å². The molecule has 12 heteroatoms. The molecular formula is C20H14Cl2F3N5OS. The lowest BCUT2D eigenvalue weighted by Crippen LogP contribution is -2.16. The first-order valence-electron chi connectivity index (χ1n) is 8.96. The van der Waals surface area contributed by atoms with Crippen molar-refractivity contribution >= 4 is 46.7 Å². The van der Waals surface area contributed by atoms with Crippen LogP contribution in [0.5, 0.6) is 0 Å². The Kier molecular flexibility index (Phi) is 7.33. The van der Waals surface area contributed by atoms with Crippen molar-refractivity contribution < 1.29 is 18.0 Å². The second kappa shape index (κ2) is 9.81. The van der Waals surface area contributed by atoms with E-state index in [-0.39, 0.29) is 27.7 Å². The van der Waals surface area contributed by atoms with Crippen molar-refractivity contribution in [1.82, 2.24) is 14.8 Å². The Hall–Kier alpha value is -2.74. The van der Waals surface area contributed by atoms with Crippen molar-refractivity contribution in [2.45, 2.75) is 24.7 Å². The Labute approximate surface area is 195 Å². The number of aromatic nitrogens is 3. The summed E-state index contributed by atoms with van der Waals surface area (Å²) in [6, 6.07) is 9.28. The lowest BCUT2D eigenvalue weighted by molar-refractivity contribution is -0.141. The van der Waals surface area contributed by atoms with Crippen LogP contribution in [-0.2, 0) is 17.5 Å². The van der Waals surface area contributed by atoms with Crippen molar-refractivity contribution in [3.63, 3.8) is 0 Å². The van der Waals surface area contributed by atoms with Crippen LogP contribution >= 0.6 is 35.0 Å². The number of rotatable bonds is 6. The normalized spacial score (nSPS) is 11.3. The quantitative estimate of drug-likeness (QED) is 0.448. The number of hydrogen-bond acceptors (Lipinski definition) is 5. The first kappa shape index (κ1) is 23.9. The number of hydrogen-bond donors (Lipinski definition) is 1. The monoisotopic (exact) mass is 499 g/mol. The summed E-state index contributed by atoms with van der Waals surface area (Å²) in [7, 11) is 0. The van der Waals surface area contributed by atoms with Crippen LogP contribution < -0.4 is 5.32 Å². The number of alkyl halides is 3. The second-order valence-corrected chi connectivity index (χ2v) is 8.39. The van der Waals surface area contributed by atoms with E-state index in [1.54, 1.807) is 35.1 Å². The van der Waals surface area contributed by atoms with Crippen molar-refractivity contribution in [3.8, 4) is 6.07 Å². The number of amides is 1. The molecule has 0 aliphatic carbocycles. The van der Waals surface area contributed by atoms with Crippen LogP contribution in [0, 0.1) is 18.3 Å². The Morgan fingerprint density at radius 2 is 2.03 bits per heavy atom. The van der Waals surface area contributed by atoms with Crippen LogP contribution in [-0.4, -0.2) is 26.4 Å². The molecule has 0 aliphatic heterocycles. The molecule has 0 spiro atoms. The predicted molar refractivity (Wildman–Crippen MR) is 116 cm³/mol. The van der Waals surface area contributed by atoms with Gasteiger partial charge in [-0.15, -0.1) is 0 Å². The second-order valence-electron chi connectivity index (χ2n) is 6.59. The predicted octanol–water partition coefficient (Wildman–Crippen LogP) is 5.56. The van der Waals surface area contributed by atoms with Crippen LogP contribution in [0.25, 0.3) is 0 Å². The van der Waals surface area contributed by atoms with E-state index in [1.807, 2.05) is 6.07 Å². The zero-order valence-corrected chi connectivity index (χ0v) is 18.7. The van der Waals surface area contributed by atoms with Gasteiger partial charge >= 0.3 is 6.18 Å². The number of halogens is 5. The minimum atomic E-state index is -4.66. The summed E-state index contributed by atoms with van der Waals surface area (Å²) in [6.07, 6.45) is -3.02. The smallest absolute Gasteiger partial charge is 0.308 e. The van der Waals surface area contributed by atoms with Gasteiger partial charge in [-0.2, -0.15) is 23.5 Å². The van der Waals surface area contributed by atoms with Gasteiger partial charge in [-0.25, -0.2) is 4.98 Å². The van der Waals surface area contributed by atoms with Crippen LogP contribution in [0.4, 0.5) is 19.0 Å². The average Bonchev–Trinajstić information content (AvgIpc) is 3.14. The molecule has 0 bridgehead atoms. The first-order chi connectivity index (χ1) is 15.1. The maximum atomic E-state index is 13.0. The third-order valence-corrected chi connectivity index (χ3v) is 5.74. The number of nitriles is 1. The SMILES string of the molecule is Cc1cc(C(F)(F)F)nc(SCC(=O)Nc2ccn(Cc3ccc(Cl)cc3Cl)n2)c1C#N. The van der Waals surface area contributed by atoms with E-state index in [9.17, 15) is 23.2 Å². The molecule has 1 aromatic carbocycles. The van der Waals surface area contributed by atoms with Gasteiger partial charge in [-0.1, -0.05) is 41.0 Å². The molecular weight excluding hydrogens is 486 g/mol. The van der Waals surface area contributed by atoms with Crippen molar-refractivity contribution in [3.05, 3.63) is 69.0 Å². The van der Waals surface area contributed by atoms with Gasteiger partial charge in [0.2, 0.25) is 5.91 Å². The summed E-state index contributed by atoms with van der Waals surface area (Å²) in [5.74, 6) is -0.502. The molecule has 1 amide bonds. The molecule has 0 aliphatic rings. The van der Waals surface area contributed by atoms with E-state index in [4.69, 9.17) is 23.2 Å². The summed E-state index contributed by atoms with van der Waals surface area (Å²) in [6.45, 7) is 1.73. The molecule has 2 heterocycles. The fourth-order valence-electron chi connectivity index (χ4n) is 2.68. The average molecular weight is 500 g/mol. The van der Waals surface area contributed by atoms with E-state index >= 15 is 0 Å². The summed E-state index contributed by atoms with van der Waals surface area (Å²) in [5.41, 5.74) is -0.198. The molecule has 0 radical (unpaired) electrons. The van der Waals surface area contributed by atoms with E-state index in [0.29, 0.717) is 16.6 Å². The summed E-state index contributed by atoms with van der Waals surface area (Å²) in [4.78, 5) is 15.8. The molecule has 0 fully saturated rings. The fraction of sp³-hybridized carbons (Fsp3) is 0.200. The van der Waals surface area contributed by atoms with Gasteiger partial charge in [0.15, 0.2) is 5.82 Å². The van der Waals surface area contributed by atoms with Gasteiger partial charge in [-0.3, -0.25) is 9.48 Å². The summed E-state index contributed by atoms with van der Waals surface area (Å²) < 4.78 is 40.6. The first-order valence-corrected chi connectivity index (χ1v) is 10.7. The minimum Gasteiger partial charge on any atom is -0.308 e. The zero-order chi connectivity index (χ0) is 23.5. The molecule has 0 saturated heterocycles. The van der Waals surface area contributed by atoms with Crippen molar-refractivity contribution in [2.75, 3.05) is 11.1 Å². The summed E-state index contributed by atoms with van der Waals surface area (Å²) in [5, 5.41) is 16.9. The molecule has 1 N–H and O–H groups in total. The van der Waals surface area contributed by atoms with Gasteiger partial charge in [-0.05, 0) is 36.2 Å². The standard InChI is InChI=1S/C20H14Cl2F3N5OS/c1-11-6-16(20(23,24)25)27-19(14(11)8-26)32-10-18(31)28-17-4-5-30(29-17)9-12-2-3-13(21)7-15(12)22/h2-7H,9-10H2,1H3,(H,28,29,31). The third-order valence-electron chi connectivity index (χ3n) is 4.18. The van der Waals surface area contributed by atoms with Gasteiger partial charge in [0.25, 0.3) is 0 Å². The fourth-order valence-corrected chi connectivity index (χ4v) is 4.00. The highest BCUT2D eigenvalue weighted by Crippen LogP contribution is 2.32. The number of pyridine rings is 1. The highest BCUT2D eigenvalue weighted by Gasteiger charge is 2.34. The van der Waals surface area contributed by atoms with Crippen LogP contribution in [0.2, 0.25) is 10.0 Å². The maximum Gasteiger partial charge on any atom is 0.433 e. The molecule has 32 heavy (non-hydrogen) atoms. The number of anilines is 1. The Balaban J connectivity index is 1.65. The Morgan fingerprint density at radius 3 is 2.69 bits per heavy atom. The Morgan fingerprint density at radius 1 is 1.28 bits per heavy atom. The number of carbonyl (C=O) groups excluding carboxylic acids is 1.